The van der Waals surface area contributed by atoms with Crippen molar-refractivity contribution in [2.75, 3.05) is 0 Å². The molecule has 0 radical (unpaired) electrons. The number of benzene rings is 7. The molecule has 0 bridgehead atoms. The third-order valence-electron chi connectivity index (χ3n) is 9.63. The van der Waals surface area contributed by atoms with Crippen LogP contribution in [0.15, 0.2) is 180 Å². The highest BCUT2D eigenvalue weighted by Crippen LogP contribution is 2.41. The van der Waals surface area contributed by atoms with Crippen LogP contribution in [0.4, 0.5) is 0 Å². The van der Waals surface area contributed by atoms with Gasteiger partial charge in [-0.2, -0.15) is 0 Å². The predicted molar refractivity (Wildman–Crippen MR) is 205 cm³/mol. The van der Waals surface area contributed by atoms with Gasteiger partial charge in [0.25, 0.3) is 0 Å². The monoisotopic (exact) mass is 639 g/mol. The summed E-state index contributed by atoms with van der Waals surface area (Å²) in [6.45, 7) is 0. The van der Waals surface area contributed by atoms with Crippen molar-refractivity contribution in [3.63, 3.8) is 0 Å². The molecular formula is C46H29N3O. The van der Waals surface area contributed by atoms with Crippen molar-refractivity contribution in [1.29, 1.82) is 0 Å². The van der Waals surface area contributed by atoms with Crippen LogP contribution in [-0.2, 0) is 0 Å². The van der Waals surface area contributed by atoms with Crippen molar-refractivity contribution >= 4 is 43.9 Å². The average Bonchev–Trinajstić information content (AvgIpc) is 3.74. The molecule has 3 heterocycles. The zero-order valence-electron chi connectivity index (χ0n) is 27.0. The van der Waals surface area contributed by atoms with Crippen molar-refractivity contribution in [2.45, 2.75) is 0 Å². The number of nitrogens with zero attached hydrogens (tertiary/aromatic N) is 3. The van der Waals surface area contributed by atoms with Crippen LogP contribution < -0.4 is 0 Å². The van der Waals surface area contributed by atoms with Crippen LogP contribution in [0, 0.1) is 0 Å². The van der Waals surface area contributed by atoms with E-state index in [2.05, 4.69) is 150 Å². The fraction of sp³-hybridized carbons (Fsp3) is 0. The minimum Gasteiger partial charge on any atom is -0.452 e. The van der Waals surface area contributed by atoms with E-state index < -0.39 is 0 Å². The number of aromatic nitrogens is 3. The van der Waals surface area contributed by atoms with Gasteiger partial charge in [0.1, 0.15) is 16.8 Å². The van der Waals surface area contributed by atoms with E-state index in [1.54, 1.807) is 0 Å². The van der Waals surface area contributed by atoms with Crippen molar-refractivity contribution in [3.8, 4) is 50.6 Å². The van der Waals surface area contributed by atoms with Gasteiger partial charge in [-0.3, -0.25) is 0 Å². The van der Waals surface area contributed by atoms with Crippen molar-refractivity contribution in [3.05, 3.63) is 176 Å². The highest BCUT2D eigenvalue weighted by molar-refractivity contribution is 6.14. The second-order valence-electron chi connectivity index (χ2n) is 12.6. The van der Waals surface area contributed by atoms with Crippen LogP contribution in [0.5, 0.6) is 0 Å². The van der Waals surface area contributed by atoms with Crippen LogP contribution in [0.2, 0.25) is 0 Å². The van der Waals surface area contributed by atoms with E-state index in [-0.39, 0.29) is 0 Å². The number of hydrogen-bond acceptors (Lipinski definition) is 3. The Labute approximate surface area is 288 Å². The zero-order chi connectivity index (χ0) is 33.0. The lowest BCUT2D eigenvalue weighted by molar-refractivity contribution is 0.667. The van der Waals surface area contributed by atoms with Crippen molar-refractivity contribution in [1.82, 2.24) is 14.5 Å². The average molecular weight is 640 g/mol. The highest BCUT2D eigenvalue weighted by atomic mass is 16.3. The number of furan rings is 1. The van der Waals surface area contributed by atoms with E-state index in [1.807, 2.05) is 30.3 Å². The molecule has 0 atom stereocenters. The largest absolute Gasteiger partial charge is 0.452 e. The molecule has 0 spiro atoms. The number of para-hydroxylation sites is 2. The summed E-state index contributed by atoms with van der Waals surface area (Å²) in [6.07, 6.45) is 0. The van der Waals surface area contributed by atoms with Gasteiger partial charge in [-0.05, 0) is 58.7 Å². The van der Waals surface area contributed by atoms with E-state index in [1.165, 1.54) is 21.8 Å². The fourth-order valence-corrected chi connectivity index (χ4v) is 7.31. The molecule has 0 aliphatic carbocycles. The van der Waals surface area contributed by atoms with Gasteiger partial charge in [0.15, 0.2) is 11.4 Å². The number of fused-ring (bicyclic) bond motifs is 6. The van der Waals surface area contributed by atoms with Gasteiger partial charge in [-0.25, -0.2) is 9.97 Å². The molecule has 3 aromatic heterocycles. The number of hydrogen-bond donors (Lipinski definition) is 0. The van der Waals surface area contributed by atoms with Crippen LogP contribution in [-0.4, -0.2) is 14.5 Å². The van der Waals surface area contributed by atoms with E-state index in [0.29, 0.717) is 11.4 Å². The van der Waals surface area contributed by atoms with E-state index >= 15 is 0 Å². The SMILES string of the molecule is c1ccc(-c2cccc(-c3nc(-c4ccccc4)nc4c3oc3cccc(-c5ccc(-n6c7ccccc7c7ccccc76)cc5)c34)c2)cc1. The molecule has 0 aliphatic rings. The summed E-state index contributed by atoms with van der Waals surface area (Å²) < 4.78 is 9.03. The standard InChI is InChI=1S/C46H29N3O/c1-3-13-30(14-4-1)33-17-11-18-34(29-33)43-45-44(48-46(47-43)32-15-5-2-6-16-32)42-36(21-12-24-41(42)50-45)31-25-27-35(28-26-31)49-39-22-9-7-19-37(39)38-20-8-10-23-40(38)49/h1-29H. The summed E-state index contributed by atoms with van der Waals surface area (Å²) in [5.74, 6) is 0.664. The molecule has 50 heavy (non-hydrogen) atoms. The van der Waals surface area contributed by atoms with Gasteiger partial charge in [0.2, 0.25) is 0 Å². The first kappa shape index (κ1) is 28.3. The van der Waals surface area contributed by atoms with Crippen LogP contribution in [0.25, 0.3) is 94.5 Å². The van der Waals surface area contributed by atoms with Gasteiger partial charge in [-0.15, -0.1) is 0 Å². The lowest BCUT2D eigenvalue weighted by atomic mass is 9.99. The fourth-order valence-electron chi connectivity index (χ4n) is 7.31. The Kier molecular flexibility index (Phi) is 6.46. The maximum absolute atomic E-state index is 6.69. The van der Waals surface area contributed by atoms with E-state index in [4.69, 9.17) is 14.4 Å². The van der Waals surface area contributed by atoms with Gasteiger partial charge in [-0.1, -0.05) is 140 Å². The molecule has 0 fully saturated rings. The smallest absolute Gasteiger partial charge is 0.180 e. The molecule has 10 rings (SSSR count). The van der Waals surface area contributed by atoms with Crippen molar-refractivity contribution < 1.29 is 4.42 Å². The summed E-state index contributed by atoms with van der Waals surface area (Å²) >= 11 is 0. The van der Waals surface area contributed by atoms with Gasteiger partial charge in [0.05, 0.1) is 16.4 Å². The van der Waals surface area contributed by atoms with Gasteiger partial charge >= 0.3 is 0 Å². The molecule has 234 valence electrons. The minimum absolute atomic E-state index is 0.664. The van der Waals surface area contributed by atoms with Gasteiger partial charge in [0, 0.05) is 27.6 Å². The predicted octanol–water partition coefficient (Wildman–Crippen LogP) is 12.1. The van der Waals surface area contributed by atoms with Crippen molar-refractivity contribution in [2.24, 2.45) is 0 Å². The molecule has 0 saturated heterocycles. The van der Waals surface area contributed by atoms with Crippen LogP contribution in [0.3, 0.4) is 0 Å². The second kappa shape index (κ2) is 11.4. The maximum Gasteiger partial charge on any atom is 0.180 e. The first-order chi connectivity index (χ1) is 24.8. The lowest BCUT2D eigenvalue weighted by Gasteiger charge is -2.10. The Balaban J connectivity index is 1.17. The first-order valence-corrected chi connectivity index (χ1v) is 16.8. The normalized spacial score (nSPS) is 11.6. The molecule has 4 nitrogen and oxygen atoms in total. The topological polar surface area (TPSA) is 43.9 Å². The third kappa shape index (κ3) is 4.54. The minimum atomic E-state index is 0.664. The molecular weight excluding hydrogens is 611 g/mol. The van der Waals surface area contributed by atoms with Crippen LogP contribution >= 0.6 is 0 Å². The zero-order valence-corrected chi connectivity index (χ0v) is 27.0. The Morgan fingerprint density at radius 1 is 0.440 bits per heavy atom. The lowest BCUT2D eigenvalue weighted by Crippen LogP contribution is -1.95. The summed E-state index contributed by atoms with van der Waals surface area (Å²) in [7, 11) is 0. The molecule has 0 aliphatic heterocycles. The Morgan fingerprint density at radius 2 is 1.04 bits per heavy atom. The Hall–Kier alpha value is -6.78. The molecule has 10 aromatic rings. The van der Waals surface area contributed by atoms with E-state index in [9.17, 15) is 0 Å². The molecule has 7 aromatic carbocycles. The third-order valence-corrected chi connectivity index (χ3v) is 9.63. The summed E-state index contributed by atoms with van der Waals surface area (Å²) in [6, 6.07) is 61.4. The summed E-state index contributed by atoms with van der Waals surface area (Å²) in [5.41, 5.74) is 12.9. The van der Waals surface area contributed by atoms with Gasteiger partial charge < -0.3 is 8.98 Å². The summed E-state index contributed by atoms with van der Waals surface area (Å²) in [5, 5.41) is 3.48. The Bertz CT molecular complexity index is 2800. The Morgan fingerprint density at radius 3 is 1.76 bits per heavy atom. The number of rotatable bonds is 5. The molecule has 4 heteroatoms. The quantitative estimate of drug-likeness (QED) is 0.188. The second-order valence-corrected chi connectivity index (χ2v) is 12.6. The first-order valence-electron chi connectivity index (χ1n) is 16.8. The maximum atomic E-state index is 6.69. The van der Waals surface area contributed by atoms with E-state index in [0.717, 1.165) is 61.2 Å². The molecule has 0 unspecified atom stereocenters. The molecule has 0 N–H and O–H groups in total. The molecule has 0 saturated carbocycles. The molecule has 0 amide bonds. The highest BCUT2D eigenvalue weighted by Gasteiger charge is 2.21. The summed E-state index contributed by atoms with van der Waals surface area (Å²) in [4.78, 5) is 10.4. The van der Waals surface area contributed by atoms with Crippen LogP contribution in [0.1, 0.15) is 0 Å².